The van der Waals surface area contributed by atoms with E-state index < -0.39 is 0 Å². The number of rotatable bonds is 1. The van der Waals surface area contributed by atoms with Gasteiger partial charge < -0.3 is 10.2 Å². The molecule has 0 spiro atoms. The summed E-state index contributed by atoms with van der Waals surface area (Å²) < 4.78 is 0. The Hall–Kier alpha value is -1.36. The zero-order valence-corrected chi connectivity index (χ0v) is 9.79. The number of aromatic nitrogens is 2. The maximum atomic E-state index is 11.2. The van der Waals surface area contributed by atoms with E-state index >= 15 is 0 Å². The summed E-state index contributed by atoms with van der Waals surface area (Å²) in [5.41, 5.74) is 0.971. The van der Waals surface area contributed by atoms with Crippen LogP contribution in [0.5, 0.6) is 0 Å². The molecule has 1 aliphatic heterocycles. The highest BCUT2D eigenvalue weighted by Gasteiger charge is 2.16. The van der Waals surface area contributed by atoms with Crippen LogP contribution in [0.3, 0.4) is 0 Å². The summed E-state index contributed by atoms with van der Waals surface area (Å²) >= 11 is 5.77. The molecule has 0 radical (unpaired) electrons. The fourth-order valence-corrected chi connectivity index (χ4v) is 1.84. The number of nitrogens with zero attached hydrogens (tertiary/aromatic N) is 3. The standard InChI is InChI=1S/C10H13ClN4O/c1-7-6-13-10(11)14-9(7)15-4-2-8(16)12-3-5-15/h6H,2-5H2,1H3,(H,12,16). The van der Waals surface area contributed by atoms with Gasteiger partial charge in [0.2, 0.25) is 11.2 Å². The van der Waals surface area contributed by atoms with Crippen LogP contribution in [0.4, 0.5) is 5.82 Å². The van der Waals surface area contributed by atoms with Crippen LogP contribution >= 0.6 is 11.6 Å². The van der Waals surface area contributed by atoms with Gasteiger partial charge in [-0.2, -0.15) is 0 Å². The van der Waals surface area contributed by atoms with Gasteiger partial charge in [0.25, 0.3) is 0 Å². The van der Waals surface area contributed by atoms with E-state index in [4.69, 9.17) is 11.6 Å². The second-order valence-corrected chi connectivity index (χ2v) is 4.07. The first-order valence-corrected chi connectivity index (χ1v) is 5.55. The second kappa shape index (κ2) is 4.65. The van der Waals surface area contributed by atoms with E-state index in [2.05, 4.69) is 20.2 Å². The van der Waals surface area contributed by atoms with Crippen molar-refractivity contribution in [3.63, 3.8) is 0 Å². The lowest BCUT2D eigenvalue weighted by Gasteiger charge is -2.22. The number of nitrogens with one attached hydrogen (secondary N) is 1. The predicted octanol–water partition coefficient (Wildman–Crippen LogP) is 0.765. The number of carbonyl (C=O) groups excluding carboxylic acids is 1. The van der Waals surface area contributed by atoms with Gasteiger partial charge in [0, 0.05) is 37.8 Å². The van der Waals surface area contributed by atoms with E-state index in [1.165, 1.54) is 0 Å². The largest absolute Gasteiger partial charge is 0.354 e. The zero-order chi connectivity index (χ0) is 11.5. The van der Waals surface area contributed by atoms with Crippen LogP contribution in [0, 0.1) is 6.92 Å². The molecule has 6 heteroatoms. The normalized spacial score (nSPS) is 16.9. The summed E-state index contributed by atoms with van der Waals surface area (Å²) in [6.45, 7) is 3.99. The Labute approximate surface area is 98.8 Å². The molecular formula is C10H13ClN4O. The molecule has 5 nitrogen and oxygen atoms in total. The van der Waals surface area contributed by atoms with Crippen LogP contribution in [-0.4, -0.2) is 35.5 Å². The third-order valence-electron chi connectivity index (χ3n) is 2.53. The van der Waals surface area contributed by atoms with Crippen LogP contribution in [-0.2, 0) is 4.79 Å². The lowest BCUT2D eigenvalue weighted by molar-refractivity contribution is -0.120. The van der Waals surface area contributed by atoms with Gasteiger partial charge in [0.05, 0.1) is 0 Å². The Morgan fingerprint density at radius 3 is 3.12 bits per heavy atom. The van der Waals surface area contributed by atoms with Crippen molar-refractivity contribution in [1.29, 1.82) is 0 Å². The van der Waals surface area contributed by atoms with Crippen molar-refractivity contribution in [3.8, 4) is 0 Å². The molecule has 0 atom stereocenters. The average molecular weight is 241 g/mol. The van der Waals surface area contributed by atoms with Crippen LogP contribution < -0.4 is 10.2 Å². The van der Waals surface area contributed by atoms with Crippen molar-refractivity contribution in [2.24, 2.45) is 0 Å². The smallest absolute Gasteiger partial charge is 0.224 e. The van der Waals surface area contributed by atoms with E-state index in [0.29, 0.717) is 19.5 Å². The van der Waals surface area contributed by atoms with Gasteiger partial charge in [-0.05, 0) is 18.5 Å². The molecule has 0 unspecified atom stereocenters. The van der Waals surface area contributed by atoms with Gasteiger partial charge in [-0.1, -0.05) is 0 Å². The molecule has 2 heterocycles. The van der Waals surface area contributed by atoms with E-state index in [1.54, 1.807) is 6.20 Å². The second-order valence-electron chi connectivity index (χ2n) is 3.73. The van der Waals surface area contributed by atoms with Crippen LogP contribution in [0.2, 0.25) is 5.28 Å². The van der Waals surface area contributed by atoms with Crippen molar-refractivity contribution >= 4 is 23.3 Å². The lowest BCUT2D eigenvalue weighted by Crippen LogP contribution is -2.29. The number of carbonyl (C=O) groups is 1. The molecule has 0 bridgehead atoms. The minimum absolute atomic E-state index is 0.0836. The molecule has 16 heavy (non-hydrogen) atoms. The molecule has 1 N–H and O–H groups in total. The first kappa shape index (κ1) is 11.1. The van der Waals surface area contributed by atoms with E-state index in [9.17, 15) is 4.79 Å². The first-order chi connectivity index (χ1) is 7.66. The zero-order valence-electron chi connectivity index (χ0n) is 9.03. The molecule has 86 valence electrons. The van der Waals surface area contributed by atoms with Gasteiger partial charge in [-0.25, -0.2) is 9.97 Å². The van der Waals surface area contributed by atoms with E-state index in [-0.39, 0.29) is 11.2 Å². The average Bonchev–Trinajstić information content (AvgIpc) is 2.47. The fraction of sp³-hybridized carbons (Fsp3) is 0.500. The molecule has 1 aliphatic rings. The predicted molar refractivity (Wildman–Crippen MR) is 61.6 cm³/mol. The monoisotopic (exact) mass is 240 g/mol. The number of halogens is 1. The highest BCUT2D eigenvalue weighted by atomic mass is 35.5. The van der Waals surface area contributed by atoms with Gasteiger partial charge in [0.15, 0.2) is 0 Å². The van der Waals surface area contributed by atoms with E-state index in [0.717, 1.165) is 17.9 Å². The molecule has 1 fully saturated rings. The molecular weight excluding hydrogens is 228 g/mol. The minimum Gasteiger partial charge on any atom is -0.354 e. The topological polar surface area (TPSA) is 58.1 Å². The quantitative estimate of drug-likeness (QED) is 0.737. The summed E-state index contributed by atoms with van der Waals surface area (Å²) in [6, 6.07) is 0. The van der Waals surface area contributed by atoms with Gasteiger partial charge in [0.1, 0.15) is 5.82 Å². The van der Waals surface area contributed by atoms with Crippen LogP contribution in [0.15, 0.2) is 6.20 Å². The maximum absolute atomic E-state index is 11.2. The fourth-order valence-electron chi connectivity index (χ4n) is 1.71. The summed E-state index contributed by atoms with van der Waals surface area (Å²) in [5, 5.41) is 3.06. The Bertz CT molecular complexity index is 410. The lowest BCUT2D eigenvalue weighted by atomic mass is 10.3. The molecule has 0 saturated carbocycles. The Morgan fingerprint density at radius 1 is 1.50 bits per heavy atom. The summed E-state index contributed by atoms with van der Waals surface area (Å²) in [6.07, 6.45) is 2.19. The first-order valence-electron chi connectivity index (χ1n) is 5.17. The van der Waals surface area contributed by atoms with Crippen molar-refractivity contribution in [1.82, 2.24) is 15.3 Å². The van der Waals surface area contributed by atoms with Gasteiger partial charge in [-0.3, -0.25) is 4.79 Å². The molecule has 1 amide bonds. The molecule has 0 aromatic carbocycles. The third kappa shape index (κ3) is 2.41. The molecule has 2 rings (SSSR count). The highest BCUT2D eigenvalue weighted by molar-refractivity contribution is 6.28. The number of hydrogen-bond donors (Lipinski definition) is 1. The molecule has 0 aliphatic carbocycles. The Kier molecular flexibility index (Phi) is 3.24. The molecule has 1 aromatic rings. The van der Waals surface area contributed by atoms with Gasteiger partial charge >= 0.3 is 0 Å². The SMILES string of the molecule is Cc1cnc(Cl)nc1N1CCNC(=O)CC1. The highest BCUT2D eigenvalue weighted by Crippen LogP contribution is 2.18. The van der Waals surface area contributed by atoms with E-state index in [1.807, 2.05) is 6.92 Å². The third-order valence-corrected chi connectivity index (χ3v) is 2.71. The van der Waals surface area contributed by atoms with Crippen molar-refractivity contribution < 1.29 is 4.79 Å². The number of aryl methyl sites for hydroxylation is 1. The van der Waals surface area contributed by atoms with Crippen molar-refractivity contribution in [2.45, 2.75) is 13.3 Å². The summed E-state index contributed by atoms with van der Waals surface area (Å²) in [7, 11) is 0. The Morgan fingerprint density at radius 2 is 2.31 bits per heavy atom. The Balaban J connectivity index is 2.22. The molecule has 1 aromatic heterocycles. The van der Waals surface area contributed by atoms with Crippen LogP contribution in [0.1, 0.15) is 12.0 Å². The van der Waals surface area contributed by atoms with Crippen molar-refractivity contribution in [3.05, 3.63) is 17.0 Å². The number of hydrogen-bond acceptors (Lipinski definition) is 4. The molecule has 1 saturated heterocycles. The van der Waals surface area contributed by atoms with Crippen LogP contribution in [0.25, 0.3) is 0 Å². The summed E-state index contributed by atoms with van der Waals surface area (Å²) in [5.74, 6) is 0.900. The van der Waals surface area contributed by atoms with Gasteiger partial charge in [-0.15, -0.1) is 0 Å². The number of anilines is 1. The number of amides is 1. The maximum Gasteiger partial charge on any atom is 0.224 e. The van der Waals surface area contributed by atoms with Crippen molar-refractivity contribution in [2.75, 3.05) is 24.5 Å². The minimum atomic E-state index is 0.0836. The summed E-state index contributed by atoms with van der Waals surface area (Å²) in [4.78, 5) is 21.4.